The average Bonchev–Trinajstić information content (AvgIpc) is 0.941. The van der Waals surface area contributed by atoms with E-state index in [9.17, 15) is 77.0 Å². The number of hydrogen-bond acceptors (Lipinski definition) is 27. The molecule has 0 fully saturated rings. The Morgan fingerprint density at radius 2 is 0.431 bits per heavy atom. The highest BCUT2D eigenvalue weighted by Gasteiger charge is 2.22. The van der Waals surface area contributed by atoms with Crippen molar-refractivity contribution in [2.45, 2.75) is 205 Å². The number of amides is 15. The zero-order valence-corrected chi connectivity index (χ0v) is 83.0. The van der Waals surface area contributed by atoms with Crippen LogP contribution in [0.3, 0.4) is 0 Å². The number of nitriles is 1. The summed E-state index contributed by atoms with van der Waals surface area (Å²) in [5.41, 5.74) is 22.0. The Bertz CT molecular complexity index is 2860. The topological polar surface area (TPSA) is 605 Å². The normalized spacial score (nSPS) is 10.5. The maximum atomic E-state index is 13.0. The van der Waals surface area contributed by atoms with Crippen LogP contribution < -0.4 is 81.4 Å². The van der Waals surface area contributed by atoms with Gasteiger partial charge in [-0.25, -0.2) is 19.2 Å². The molecule has 0 unspecified atom stereocenters. The number of halogens is 4. The SMILES string of the molecule is N#CCCCCCNC(=O)CBr.NCCCCCC(=O)NCCN(CCNC(=O)CCCCCN)C(=O)OCCOCCOC(=O)N(CCNC(=O)CCCCCN)CCNC(=O)CCCCCN.O=C(CBr)NCCCCCC(=O)NCCN(CCO)C(=O)OCCOCCOC(=O)N(CCNC(=O)CCCCCNC(=O)CBr)CCNC(=O)CCCCCNC(=O)CBr. The van der Waals surface area contributed by atoms with Crippen LogP contribution in [0.25, 0.3) is 0 Å². The van der Waals surface area contributed by atoms with Crippen LogP contribution in [0.15, 0.2) is 0 Å². The Hall–Kier alpha value is -7.62. The van der Waals surface area contributed by atoms with Crippen molar-refractivity contribution in [2.24, 2.45) is 22.9 Å². The van der Waals surface area contributed by atoms with Crippen LogP contribution in [0.4, 0.5) is 19.2 Å². The number of rotatable bonds is 82. The maximum Gasteiger partial charge on any atom is 0.409 e. The number of aliphatic hydroxyl groups excluding tert-OH is 1. The lowest BCUT2D eigenvalue weighted by atomic mass is 10.2. The highest BCUT2D eigenvalue weighted by Crippen LogP contribution is 2.08. The van der Waals surface area contributed by atoms with Crippen LogP contribution in [-0.4, -0.2) is 345 Å². The molecule has 0 aromatic carbocycles. The molecule has 0 rings (SSSR count). The van der Waals surface area contributed by atoms with E-state index in [1.807, 2.05) is 0 Å². The average molecular weight is 2120 g/mol. The quantitative estimate of drug-likeness (QED) is 0.0235. The molecule has 0 bridgehead atoms. The van der Waals surface area contributed by atoms with Gasteiger partial charge in [0.05, 0.1) is 60.4 Å². The van der Waals surface area contributed by atoms with Gasteiger partial charge in [-0.15, -0.1) is 0 Å². The third kappa shape index (κ3) is 87.1. The van der Waals surface area contributed by atoms with Crippen LogP contribution in [0.2, 0.25) is 0 Å². The summed E-state index contributed by atoms with van der Waals surface area (Å²) in [4.78, 5) is 187. The molecule has 0 saturated heterocycles. The number of alkyl halides is 4. The minimum atomic E-state index is -0.689. The van der Waals surface area contributed by atoms with Crippen LogP contribution in [-0.2, 0) is 81.2 Å². The molecular formula is C84H156Br4N20O22. The van der Waals surface area contributed by atoms with E-state index >= 15 is 0 Å². The van der Waals surface area contributed by atoms with Gasteiger partial charge >= 0.3 is 24.4 Å². The fraction of sp³-hybridized carbons (Fsp3) is 0.810. The van der Waals surface area contributed by atoms with Gasteiger partial charge in [-0.2, -0.15) is 5.26 Å². The van der Waals surface area contributed by atoms with Crippen molar-refractivity contribution in [3.05, 3.63) is 0 Å². The molecule has 42 nitrogen and oxygen atoms in total. The molecule has 0 aliphatic heterocycles. The van der Waals surface area contributed by atoms with E-state index < -0.39 is 24.4 Å². The Labute approximate surface area is 802 Å². The summed E-state index contributed by atoms with van der Waals surface area (Å²) in [6.45, 7) is 6.61. The highest BCUT2D eigenvalue weighted by molar-refractivity contribution is 9.10. The van der Waals surface area contributed by atoms with E-state index in [4.69, 9.17) is 56.6 Å². The smallest absolute Gasteiger partial charge is 0.409 e. The predicted octanol–water partition coefficient (Wildman–Crippen LogP) is 3.44. The number of hydrogen-bond donors (Lipinski definition) is 16. The third-order valence-electron chi connectivity index (χ3n) is 18.6. The molecule has 0 aromatic heterocycles. The van der Waals surface area contributed by atoms with E-state index in [0.717, 1.165) is 141 Å². The summed E-state index contributed by atoms with van der Waals surface area (Å²) in [6.07, 6.45) is 19.6. The molecule has 0 spiro atoms. The Morgan fingerprint density at radius 1 is 0.246 bits per heavy atom. The minimum absolute atomic E-state index is 0.00204. The number of carbonyl (C=O) groups excluding carboxylic acids is 15. The maximum absolute atomic E-state index is 13.0. The number of aliphatic hydroxyl groups is 1. The molecule has 0 aliphatic rings. The van der Waals surface area contributed by atoms with Crippen molar-refractivity contribution in [3.8, 4) is 6.07 Å². The first kappa shape index (κ1) is 127. The molecule has 752 valence electrons. The van der Waals surface area contributed by atoms with Crippen LogP contribution in [0.5, 0.6) is 0 Å². The second-order valence-corrected chi connectivity index (χ2v) is 31.8. The summed E-state index contributed by atoms with van der Waals surface area (Å²) in [6, 6.07) is 2.08. The first-order chi connectivity index (χ1) is 62.9. The van der Waals surface area contributed by atoms with Crippen molar-refractivity contribution in [2.75, 3.05) is 231 Å². The molecule has 0 saturated carbocycles. The predicted molar refractivity (Wildman–Crippen MR) is 508 cm³/mol. The van der Waals surface area contributed by atoms with Gasteiger partial charge < -0.3 is 135 Å². The van der Waals surface area contributed by atoms with Gasteiger partial charge in [0.1, 0.15) is 26.4 Å². The second-order valence-electron chi connectivity index (χ2n) is 29.5. The van der Waals surface area contributed by atoms with E-state index in [-0.39, 0.29) is 239 Å². The van der Waals surface area contributed by atoms with Gasteiger partial charge in [0.2, 0.25) is 65.0 Å². The number of unbranched alkanes of at least 4 members (excludes halogenated alkanes) is 17. The molecular weight excluding hydrogens is 1960 g/mol. The molecule has 0 heterocycles. The second kappa shape index (κ2) is 96.0. The lowest BCUT2D eigenvalue weighted by molar-refractivity contribution is -0.122. The molecule has 0 aliphatic carbocycles. The van der Waals surface area contributed by atoms with Gasteiger partial charge in [0.15, 0.2) is 0 Å². The summed E-state index contributed by atoms with van der Waals surface area (Å²) in [7, 11) is 0. The lowest BCUT2D eigenvalue weighted by Gasteiger charge is -2.23. The Balaban J connectivity index is -0.00000220. The fourth-order valence-electron chi connectivity index (χ4n) is 11.3. The number of nitrogens with two attached hydrogens (primary N) is 4. The minimum Gasteiger partial charge on any atom is -0.447 e. The van der Waals surface area contributed by atoms with Crippen molar-refractivity contribution >= 4 is 153 Å². The van der Waals surface area contributed by atoms with Gasteiger partial charge in [-0.1, -0.05) is 115 Å². The first-order valence-electron chi connectivity index (χ1n) is 45.7. The first-order valence-corrected chi connectivity index (χ1v) is 50.2. The highest BCUT2D eigenvalue weighted by atomic mass is 79.9. The summed E-state index contributed by atoms with van der Waals surface area (Å²) in [5, 5.41) is 49.3. The van der Waals surface area contributed by atoms with E-state index in [2.05, 4.69) is 128 Å². The van der Waals surface area contributed by atoms with Gasteiger partial charge in [0, 0.05) is 176 Å². The summed E-state index contributed by atoms with van der Waals surface area (Å²) < 4.78 is 32.3. The number of carbonyl (C=O) groups is 15. The van der Waals surface area contributed by atoms with Gasteiger partial charge in [-0.05, 0) is 129 Å². The number of nitrogens with zero attached hydrogens (tertiary/aromatic N) is 5. The van der Waals surface area contributed by atoms with E-state index in [0.29, 0.717) is 122 Å². The Morgan fingerprint density at radius 3 is 0.615 bits per heavy atom. The third-order valence-corrected chi connectivity index (χ3v) is 20.6. The van der Waals surface area contributed by atoms with Crippen molar-refractivity contribution in [1.29, 1.82) is 5.26 Å². The van der Waals surface area contributed by atoms with E-state index in [1.54, 1.807) is 0 Å². The molecule has 0 radical (unpaired) electrons. The fourth-order valence-corrected chi connectivity index (χ4v) is 12.1. The van der Waals surface area contributed by atoms with Crippen molar-refractivity contribution < 1.29 is 105 Å². The van der Waals surface area contributed by atoms with Crippen LogP contribution >= 0.6 is 63.7 Å². The Kier molecular flexibility index (Phi) is 93.4. The standard InChI is InChI=1S/C38H67Br3N8O12.C38H76N10O9.C8H13BrN2O/c39-28-34(54)42-13-7-1-4-10-31(51)45-16-19-48(20-17-46-32(52)11-5-2-8-14-43-35(55)29-40)37(57)60-26-24-59-25-27-61-38(58)49(22-23-50)21-18-47-33(53)12-6-3-9-15-44-36(56)30-41;39-17-9-1-5-13-33(49)43-21-25-47(26-22-44-34(50)14-6-2-10-18-40)37(53)56-31-29-55-30-32-57-38(54)48(27-23-45-35(51)15-7-3-11-19-41)28-24-46-36(52)16-8-4-12-20-42;9-7-8(12)11-6-4-2-1-3-5-10/h50H,1-30H2,(H,42,54)(H,43,55)(H,44,56)(H,45,51)(H,46,52)(H,47,53);1-32,39-42H2,(H,43,49)(H,44,50)(H,45,51)(H,46,52);1-4,6-7H2,(H,11,12). The molecule has 130 heavy (non-hydrogen) atoms. The van der Waals surface area contributed by atoms with Gasteiger partial charge in [0.25, 0.3) is 0 Å². The number of nitrogens with one attached hydrogen (secondary N) is 11. The summed E-state index contributed by atoms with van der Waals surface area (Å²) in [5.74, 6) is -1.22. The van der Waals surface area contributed by atoms with Gasteiger partial charge in [-0.3, -0.25) is 52.7 Å². The monoisotopic (exact) mass is 2110 g/mol. The lowest BCUT2D eigenvalue weighted by Crippen LogP contribution is -2.43. The molecule has 0 atom stereocenters. The molecule has 46 heteroatoms. The zero-order valence-electron chi connectivity index (χ0n) is 76.7. The molecule has 15 amide bonds. The van der Waals surface area contributed by atoms with Crippen LogP contribution in [0, 0.1) is 11.3 Å². The van der Waals surface area contributed by atoms with Crippen molar-refractivity contribution in [3.63, 3.8) is 0 Å². The summed E-state index contributed by atoms with van der Waals surface area (Å²) >= 11 is 12.3. The van der Waals surface area contributed by atoms with E-state index in [1.165, 1.54) is 19.6 Å². The van der Waals surface area contributed by atoms with Crippen LogP contribution in [0.1, 0.15) is 205 Å². The largest absolute Gasteiger partial charge is 0.447 e. The zero-order chi connectivity index (χ0) is 96.8. The van der Waals surface area contributed by atoms with Crippen molar-refractivity contribution in [1.82, 2.24) is 78.1 Å². The molecule has 0 aromatic rings. The number of ether oxygens (including phenoxy) is 6. The molecule has 20 N–H and O–H groups in total.